The SMILES string of the molecule is CCc1c(NC)ncnc1Oc1ccc(C)c(F)c1. The summed E-state index contributed by atoms with van der Waals surface area (Å²) < 4.78 is 19.1. The quantitative estimate of drug-likeness (QED) is 0.917. The number of anilines is 1. The minimum atomic E-state index is -0.293. The number of hydrogen-bond acceptors (Lipinski definition) is 4. The Labute approximate surface area is 111 Å². The molecule has 1 heterocycles. The van der Waals surface area contributed by atoms with E-state index in [-0.39, 0.29) is 5.82 Å². The Morgan fingerprint density at radius 1 is 1.32 bits per heavy atom. The van der Waals surface area contributed by atoms with Gasteiger partial charge in [0, 0.05) is 13.1 Å². The fraction of sp³-hybridized carbons (Fsp3) is 0.286. The van der Waals surface area contributed by atoms with E-state index in [9.17, 15) is 4.39 Å². The average molecular weight is 261 g/mol. The molecule has 0 aliphatic carbocycles. The molecule has 0 aliphatic rings. The van der Waals surface area contributed by atoms with Crippen molar-refractivity contribution in [3.05, 3.63) is 41.5 Å². The minimum Gasteiger partial charge on any atom is -0.438 e. The van der Waals surface area contributed by atoms with Crippen molar-refractivity contribution in [1.29, 1.82) is 0 Å². The van der Waals surface area contributed by atoms with E-state index in [1.54, 1.807) is 26.1 Å². The number of hydrogen-bond donors (Lipinski definition) is 1. The molecule has 0 spiro atoms. The molecule has 0 saturated carbocycles. The molecule has 1 aromatic carbocycles. The molecule has 1 aromatic heterocycles. The van der Waals surface area contributed by atoms with E-state index in [1.807, 2.05) is 6.92 Å². The number of nitrogens with zero attached hydrogens (tertiary/aromatic N) is 2. The number of rotatable bonds is 4. The molecular weight excluding hydrogens is 245 g/mol. The number of halogens is 1. The van der Waals surface area contributed by atoms with Crippen LogP contribution < -0.4 is 10.1 Å². The van der Waals surface area contributed by atoms with Crippen LogP contribution in [-0.2, 0) is 6.42 Å². The van der Waals surface area contributed by atoms with E-state index >= 15 is 0 Å². The number of ether oxygens (including phenoxy) is 1. The largest absolute Gasteiger partial charge is 0.438 e. The molecule has 0 fully saturated rings. The van der Waals surface area contributed by atoms with Crippen LogP contribution >= 0.6 is 0 Å². The van der Waals surface area contributed by atoms with Crippen LogP contribution in [-0.4, -0.2) is 17.0 Å². The number of benzene rings is 1. The van der Waals surface area contributed by atoms with Gasteiger partial charge in [-0.3, -0.25) is 0 Å². The molecule has 0 atom stereocenters. The van der Waals surface area contributed by atoms with Crippen LogP contribution in [0.4, 0.5) is 10.2 Å². The smallest absolute Gasteiger partial charge is 0.227 e. The van der Waals surface area contributed by atoms with Crippen molar-refractivity contribution in [1.82, 2.24) is 9.97 Å². The number of aromatic nitrogens is 2. The fourth-order valence-corrected chi connectivity index (χ4v) is 1.77. The second-order valence-electron chi connectivity index (χ2n) is 4.12. The third-order valence-corrected chi connectivity index (χ3v) is 2.85. The molecule has 2 aromatic rings. The van der Waals surface area contributed by atoms with Gasteiger partial charge in [-0.1, -0.05) is 13.0 Å². The van der Waals surface area contributed by atoms with Gasteiger partial charge in [-0.2, -0.15) is 0 Å². The molecule has 0 bridgehead atoms. The number of aryl methyl sites for hydroxylation is 1. The zero-order chi connectivity index (χ0) is 13.8. The van der Waals surface area contributed by atoms with Crippen molar-refractivity contribution < 1.29 is 9.13 Å². The Kier molecular flexibility index (Phi) is 3.94. The Hall–Kier alpha value is -2.17. The third-order valence-electron chi connectivity index (χ3n) is 2.85. The first-order valence-electron chi connectivity index (χ1n) is 6.11. The van der Waals surface area contributed by atoms with Crippen LogP contribution in [0.15, 0.2) is 24.5 Å². The van der Waals surface area contributed by atoms with Crippen LogP contribution in [0.2, 0.25) is 0 Å². The minimum absolute atomic E-state index is 0.293. The van der Waals surface area contributed by atoms with Crippen molar-refractivity contribution >= 4 is 5.82 Å². The highest BCUT2D eigenvalue weighted by Crippen LogP contribution is 2.28. The summed E-state index contributed by atoms with van der Waals surface area (Å²) in [6, 6.07) is 4.76. The van der Waals surface area contributed by atoms with Crippen LogP contribution in [0.25, 0.3) is 0 Å². The van der Waals surface area contributed by atoms with Gasteiger partial charge in [0.25, 0.3) is 0 Å². The molecule has 0 amide bonds. The van der Waals surface area contributed by atoms with Crippen molar-refractivity contribution in [2.45, 2.75) is 20.3 Å². The molecule has 0 unspecified atom stereocenters. The van der Waals surface area contributed by atoms with E-state index in [1.165, 1.54) is 12.4 Å². The Morgan fingerprint density at radius 2 is 2.11 bits per heavy atom. The summed E-state index contributed by atoms with van der Waals surface area (Å²) in [6.07, 6.45) is 2.14. The fourth-order valence-electron chi connectivity index (χ4n) is 1.77. The van der Waals surface area contributed by atoms with Crippen LogP contribution in [0, 0.1) is 12.7 Å². The lowest BCUT2D eigenvalue weighted by Crippen LogP contribution is -2.02. The van der Waals surface area contributed by atoms with Crippen molar-refractivity contribution in [2.75, 3.05) is 12.4 Å². The average Bonchev–Trinajstić information content (AvgIpc) is 2.42. The van der Waals surface area contributed by atoms with Gasteiger partial charge in [-0.25, -0.2) is 14.4 Å². The maximum absolute atomic E-state index is 13.5. The van der Waals surface area contributed by atoms with Gasteiger partial charge in [0.1, 0.15) is 23.7 Å². The zero-order valence-electron chi connectivity index (χ0n) is 11.2. The van der Waals surface area contributed by atoms with E-state index in [4.69, 9.17) is 4.74 Å². The zero-order valence-corrected chi connectivity index (χ0v) is 11.2. The number of nitrogens with one attached hydrogen (secondary N) is 1. The van der Waals surface area contributed by atoms with E-state index in [0.29, 0.717) is 17.2 Å². The van der Waals surface area contributed by atoms with E-state index < -0.39 is 0 Å². The topological polar surface area (TPSA) is 47.0 Å². The highest BCUT2D eigenvalue weighted by Gasteiger charge is 2.11. The van der Waals surface area contributed by atoms with Gasteiger partial charge in [-0.05, 0) is 25.0 Å². The van der Waals surface area contributed by atoms with Gasteiger partial charge in [-0.15, -0.1) is 0 Å². The van der Waals surface area contributed by atoms with Crippen LogP contribution in [0.5, 0.6) is 11.6 Å². The highest BCUT2D eigenvalue weighted by molar-refractivity contribution is 5.49. The summed E-state index contributed by atoms with van der Waals surface area (Å²) in [5.41, 5.74) is 1.45. The van der Waals surface area contributed by atoms with Crippen molar-refractivity contribution in [3.63, 3.8) is 0 Å². The molecular formula is C14H16FN3O. The van der Waals surface area contributed by atoms with E-state index in [2.05, 4.69) is 15.3 Å². The Balaban J connectivity index is 2.35. The third kappa shape index (κ3) is 2.81. The first kappa shape index (κ1) is 13.3. The highest BCUT2D eigenvalue weighted by atomic mass is 19.1. The second kappa shape index (κ2) is 5.65. The maximum atomic E-state index is 13.5. The summed E-state index contributed by atoms with van der Waals surface area (Å²) in [7, 11) is 1.79. The van der Waals surface area contributed by atoms with Gasteiger partial charge in [0.15, 0.2) is 0 Å². The van der Waals surface area contributed by atoms with Crippen molar-refractivity contribution in [3.8, 4) is 11.6 Å². The molecule has 0 aliphatic heterocycles. The lowest BCUT2D eigenvalue weighted by Gasteiger charge is -2.12. The van der Waals surface area contributed by atoms with Gasteiger partial charge < -0.3 is 10.1 Å². The lowest BCUT2D eigenvalue weighted by atomic mass is 10.2. The summed E-state index contributed by atoms with van der Waals surface area (Å²) in [4.78, 5) is 8.24. The van der Waals surface area contributed by atoms with Crippen LogP contribution in [0.3, 0.4) is 0 Å². The Bertz CT molecular complexity index is 587. The molecule has 0 radical (unpaired) electrons. The lowest BCUT2D eigenvalue weighted by molar-refractivity contribution is 0.450. The summed E-state index contributed by atoms with van der Waals surface area (Å²) >= 11 is 0. The van der Waals surface area contributed by atoms with E-state index in [0.717, 1.165) is 17.8 Å². The molecule has 19 heavy (non-hydrogen) atoms. The summed E-state index contributed by atoms with van der Waals surface area (Å²) in [6.45, 7) is 3.70. The van der Waals surface area contributed by atoms with Gasteiger partial charge in [0.2, 0.25) is 5.88 Å². The second-order valence-corrected chi connectivity index (χ2v) is 4.12. The molecule has 100 valence electrons. The molecule has 5 heteroatoms. The molecule has 1 N–H and O–H groups in total. The van der Waals surface area contributed by atoms with Gasteiger partial charge >= 0.3 is 0 Å². The monoisotopic (exact) mass is 261 g/mol. The first-order chi connectivity index (χ1) is 9.15. The first-order valence-corrected chi connectivity index (χ1v) is 6.11. The summed E-state index contributed by atoms with van der Waals surface area (Å²) in [5.74, 6) is 1.31. The van der Waals surface area contributed by atoms with Crippen LogP contribution in [0.1, 0.15) is 18.1 Å². The predicted octanol–water partition coefficient (Wildman–Crippen LogP) is 3.32. The molecule has 0 saturated heterocycles. The normalized spacial score (nSPS) is 10.3. The Morgan fingerprint density at radius 3 is 2.74 bits per heavy atom. The van der Waals surface area contributed by atoms with Gasteiger partial charge in [0.05, 0.1) is 5.56 Å². The van der Waals surface area contributed by atoms with Crippen molar-refractivity contribution in [2.24, 2.45) is 0 Å². The molecule has 2 rings (SSSR count). The maximum Gasteiger partial charge on any atom is 0.227 e. The predicted molar refractivity (Wildman–Crippen MR) is 72.2 cm³/mol. The molecule has 4 nitrogen and oxygen atoms in total. The standard InChI is InChI=1S/C14H16FN3O/c1-4-11-13(16-3)17-8-18-14(11)19-10-6-5-9(2)12(15)7-10/h5-8H,4H2,1-3H3,(H,16,17,18). The summed E-state index contributed by atoms with van der Waals surface area (Å²) in [5, 5.41) is 2.99.